The maximum absolute atomic E-state index is 6.12. The molecule has 0 aromatic heterocycles. The van der Waals surface area contributed by atoms with Gasteiger partial charge in [0, 0.05) is 12.6 Å². The second-order valence-corrected chi connectivity index (χ2v) is 6.61. The molecule has 0 saturated heterocycles. The standard InChI is InChI=1S/C17H27NO/c1-5-15(12-18-14-9-10-14)19-16-8-6-7-13(11-16)17(2,3)4/h6-8,11,14-15,18H,5,9-10,12H2,1-4H3. The SMILES string of the molecule is CCC(CNC1CC1)Oc1cccc(C(C)(C)C)c1. The second-order valence-electron chi connectivity index (χ2n) is 6.61. The quantitative estimate of drug-likeness (QED) is 0.838. The van der Waals surface area contributed by atoms with Crippen LogP contribution in [0.2, 0.25) is 0 Å². The molecule has 0 amide bonds. The van der Waals surface area contributed by atoms with Crippen molar-refractivity contribution in [3.05, 3.63) is 29.8 Å². The smallest absolute Gasteiger partial charge is 0.120 e. The van der Waals surface area contributed by atoms with Gasteiger partial charge in [-0.3, -0.25) is 0 Å². The van der Waals surface area contributed by atoms with Crippen molar-refractivity contribution < 1.29 is 4.74 Å². The zero-order chi connectivity index (χ0) is 13.9. The molecule has 0 aliphatic heterocycles. The summed E-state index contributed by atoms with van der Waals surface area (Å²) in [6.45, 7) is 9.85. The zero-order valence-electron chi connectivity index (χ0n) is 12.7. The fourth-order valence-corrected chi connectivity index (χ4v) is 2.08. The van der Waals surface area contributed by atoms with E-state index in [2.05, 4.69) is 57.3 Å². The van der Waals surface area contributed by atoms with Crippen LogP contribution in [0.1, 0.15) is 52.5 Å². The van der Waals surface area contributed by atoms with E-state index in [0.29, 0.717) is 0 Å². The Bertz CT molecular complexity index is 404. The Morgan fingerprint density at radius 1 is 1.32 bits per heavy atom. The molecule has 1 unspecified atom stereocenters. The summed E-state index contributed by atoms with van der Waals surface area (Å²) in [5, 5.41) is 3.55. The summed E-state index contributed by atoms with van der Waals surface area (Å²) in [5.74, 6) is 0.997. The van der Waals surface area contributed by atoms with E-state index < -0.39 is 0 Å². The van der Waals surface area contributed by atoms with Gasteiger partial charge in [0.05, 0.1) is 0 Å². The van der Waals surface area contributed by atoms with Crippen molar-refractivity contribution in [1.82, 2.24) is 5.32 Å². The average Bonchev–Trinajstić information content (AvgIpc) is 3.18. The van der Waals surface area contributed by atoms with Crippen molar-refractivity contribution >= 4 is 0 Å². The third kappa shape index (κ3) is 4.54. The monoisotopic (exact) mass is 261 g/mol. The average molecular weight is 261 g/mol. The van der Waals surface area contributed by atoms with Crippen molar-refractivity contribution in [2.45, 2.75) is 64.5 Å². The van der Waals surface area contributed by atoms with Crippen molar-refractivity contribution in [2.75, 3.05) is 6.54 Å². The summed E-state index contributed by atoms with van der Waals surface area (Å²) in [4.78, 5) is 0. The maximum atomic E-state index is 6.12. The highest BCUT2D eigenvalue weighted by Gasteiger charge is 2.22. The van der Waals surface area contributed by atoms with E-state index in [-0.39, 0.29) is 11.5 Å². The fraction of sp³-hybridized carbons (Fsp3) is 0.647. The first kappa shape index (κ1) is 14.4. The summed E-state index contributed by atoms with van der Waals surface area (Å²) in [7, 11) is 0. The molecular weight excluding hydrogens is 234 g/mol. The van der Waals surface area contributed by atoms with Gasteiger partial charge < -0.3 is 10.1 Å². The zero-order valence-corrected chi connectivity index (χ0v) is 12.7. The van der Waals surface area contributed by atoms with Gasteiger partial charge in [-0.1, -0.05) is 39.8 Å². The number of benzene rings is 1. The van der Waals surface area contributed by atoms with Crippen LogP contribution in [0.5, 0.6) is 5.75 Å². The van der Waals surface area contributed by atoms with E-state index >= 15 is 0 Å². The molecule has 1 aliphatic carbocycles. The largest absolute Gasteiger partial charge is 0.489 e. The van der Waals surface area contributed by atoms with E-state index in [1.165, 1.54) is 18.4 Å². The molecule has 0 bridgehead atoms. The molecule has 1 N–H and O–H groups in total. The van der Waals surface area contributed by atoms with Crippen LogP contribution in [-0.4, -0.2) is 18.7 Å². The summed E-state index contributed by atoms with van der Waals surface area (Å²) in [6.07, 6.45) is 3.97. The van der Waals surface area contributed by atoms with Crippen LogP contribution in [0.4, 0.5) is 0 Å². The summed E-state index contributed by atoms with van der Waals surface area (Å²) < 4.78 is 6.12. The summed E-state index contributed by atoms with van der Waals surface area (Å²) in [5.41, 5.74) is 1.50. The number of hydrogen-bond acceptors (Lipinski definition) is 2. The minimum Gasteiger partial charge on any atom is -0.489 e. The predicted octanol–water partition coefficient (Wildman–Crippen LogP) is 3.89. The van der Waals surface area contributed by atoms with Gasteiger partial charge in [0.1, 0.15) is 11.9 Å². The minimum absolute atomic E-state index is 0.174. The summed E-state index contributed by atoms with van der Waals surface area (Å²) in [6, 6.07) is 9.26. The Balaban J connectivity index is 1.95. The minimum atomic E-state index is 0.174. The molecule has 2 heteroatoms. The fourth-order valence-electron chi connectivity index (χ4n) is 2.08. The Hall–Kier alpha value is -1.02. The molecule has 1 aliphatic rings. The predicted molar refractivity (Wildman–Crippen MR) is 80.9 cm³/mol. The summed E-state index contributed by atoms with van der Waals surface area (Å²) >= 11 is 0. The molecule has 1 aromatic rings. The van der Waals surface area contributed by atoms with Crippen LogP contribution >= 0.6 is 0 Å². The first-order valence-electron chi connectivity index (χ1n) is 7.49. The van der Waals surface area contributed by atoms with Crippen LogP contribution in [0.15, 0.2) is 24.3 Å². The lowest BCUT2D eigenvalue weighted by molar-refractivity contribution is 0.192. The first-order valence-corrected chi connectivity index (χ1v) is 7.49. The van der Waals surface area contributed by atoms with E-state index in [4.69, 9.17) is 4.74 Å². The highest BCUT2D eigenvalue weighted by Crippen LogP contribution is 2.26. The Morgan fingerprint density at radius 3 is 2.63 bits per heavy atom. The Morgan fingerprint density at radius 2 is 2.05 bits per heavy atom. The topological polar surface area (TPSA) is 21.3 Å². The number of nitrogens with one attached hydrogen (secondary N) is 1. The Kier molecular flexibility index (Phi) is 4.51. The number of rotatable bonds is 6. The van der Waals surface area contributed by atoms with Gasteiger partial charge in [0.2, 0.25) is 0 Å². The molecular formula is C17H27NO. The molecule has 0 heterocycles. The van der Waals surface area contributed by atoms with Crippen molar-refractivity contribution in [3.8, 4) is 5.75 Å². The number of hydrogen-bond donors (Lipinski definition) is 1. The Labute approximate surface area is 117 Å². The highest BCUT2D eigenvalue weighted by atomic mass is 16.5. The van der Waals surface area contributed by atoms with Crippen LogP contribution in [0, 0.1) is 0 Å². The first-order chi connectivity index (χ1) is 8.99. The van der Waals surface area contributed by atoms with Crippen LogP contribution in [-0.2, 0) is 5.41 Å². The third-order valence-corrected chi connectivity index (χ3v) is 3.67. The van der Waals surface area contributed by atoms with E-state index in [1.54, 1.807) is 0 Å². The van der Waals surface area contributed by atoms with E-state index in [9.17, 15) is 0 Å². The number of ether oxygens (including phenoxy) is 1. The van der Waals surface area contributed by atoms with Gasteiger partial charge in [0.15, 0.2) is 0 Å². The van der Waals surface area contributed by atoms with Gasteiger partial charge >= 0.3 is 0 Å². The molecule has 1 saturated carbocycles. The van der Waals surface area contributed by atoms with Gasteiger partial charge in [-0.05, 0) is 42.4 Å². The van der Waals surface area contributed by atoms with Crippen LogP contribution in [0.25, 0.3) is 0 Å². The molecule has 1 fully saturated rings. The molecule has 1 atom stereocenters. The lowest BCUT2D eigenvalue weighted by Crippen LogP contribution is -2.32. The van der Waals surface area contributed by atoms with Gasteiger partial charge in [0.25, 0.3) is 0 Å². The molecule has 19 heavy (non-hydrogen) atoms. The highest BCUT2D eigenvalue weighted by molar-refractivity contribution is 5.32. The lowest BCUT2D eigenvalue weighted by atomic mass is 9.87. The van der Waals surface area contributed by atoms with Crippen LogP contribution in [0.3, 0.4) is 0 Å². The van der Waals surface area contributed by atoms with Crippen molar-refractivity contribution in [1.29, 1.82) is 0 Å². The van der Waals surface area contributed by atoms with Crippen molar-refractivity contribution in [2.24, 2.45) is 0 Å². The molecule has 2 nitrogen and oxygen atoms in total. The van der Waals surface area contributed by atoms with Gasteiger partial charge in [-0.25, -0.2) is 0 Å². The van der Waals surface area contributed by atoms with E-state index in [0.717, 1.165) is 24.8 Å². The van der Waals surface area contributed by atoms with Crippen LogP contribution < -0.4 is 10.1 Å². The normalized spacial score (nSPS) is 17.3. The maximum Gasteiger partial charge on any atom is 0.120 e. The molecule has 0 radical (unpaired) electrons. The molecule has 0 spiro atoms. The molecule has 2 rings (SSSR count). The van der Waals surface area contributed by atoms with E-state index in [1.807, 2.05) is 0 Å². The van der Waals surface area contributed by atoms with Gasteiger partial charge in [-0.2, -0.15) is 0 Å². The molecule has 106 valence electrons. The molecule has 1 aromatic carbocycles. The third-order valence-electron chi connectivity index (χ3n) is 3.67. The second kappa shape index (κ2) is 5.96. The van der Waals surface area contributed by atoms with Gasteiger partial charge in [-0.15, -0.1) is 0 Å². The van der Waals surface area contributed by atoms with Crippen molar-refractivity contribution in [3.63, 3.8) is 0 Å². The lowest BCUT2D eigenvalue weighted by Gasteiger charge is -2.22.